The largest absolute Gasteiger partial charge is 0.392 e. The Morgan fingerprint density at radius 2 is 2.18 bits per heavy atom. The Kier molecular flexibility index (Phi) is 3.33. The smallest absolute Gasteiger partial charge is 0.0692 e. The lowest BCUT2D eigenvalue weighted by atomic mass is 10.1. The van der Waals surface area contributed by atoms with Crippen LogP contribution in [0.1, 0.15) is 11.1 Å². The zero-order chi connectivity index (χ0) is 8.43. The van der Waals surface area contributed by atoms with Crippen molar-refractivity contribution in [3.05, 3.63) is 31.3 Å². The van der Waals surface area contributed by atoms with Gasteiger partial charge in [0.1, 0.15) is 0 Å². The van der Waals surface area contributed by atoms with Crippen molar-refractivity contribution in [2.75, 3.05) is 0 Å². The first-order valence-electron chi connectivity index (χ1n) is 3.21. The highest BCUT2D eigenvalue weighted by Gasteiger charge is 2.03. The van der Waals surface area contributed by atoms with Gasteiger partial charge in [0.15, 0.2) is 0 Å². The quantitative estimate of drug-likeness (QED) is 0.787. The van der Waals surface area contributed by atoms with Gasteiger partial charge in [-0.25, -0.2) is 0 Å². The number of hydrogen-bond donors (Lipinski definition) is 1. The number of hydrogen-bond acceptors (Lipinski definition) is 1. The van der Waals surface area contributed by atoms with Crippen LogP contribution in [-0.2, 0) is 6.61 Å². The molecule has 0 aliphatic rings. The fourth-order valence-corrected chi connectivity index (χ4v) is 2.18. The SMILES string of the molecule is Cc1c(Br)ccc(CO)c1I. The van der Waals surface area contributed by atoms with Crippen LogP contribution in [0.3, 0.4) is 0 Å². The van der Waals surface area contributed by atoms with Crippen molar-refractivity contribution < 1.29 is 5.11 Å². The first-order chi connectivity index (χ1) is 5.16. The maximum Gasteiger partial charge on any atom is 0.0692 e. The van der Waals surface area contributed by atoms with Crippen LogP contribution in [-0.4, -0.2) is 5.11 Å². The van der Waals surface area contributed by atoms with Gasteiger partial charge in [0.25, 0.3) is 0 Å². The van der Waals surface area contributed by atoms with Crippen molar-refractivity contribution in [1.82, 2.24) is 0 Å². The van der Waals surface area contributed by atoms with E-state index in [4.69, 9.17) is 5.11 Å². The maximum atomic E-state index is 8.91. The second kappa shape index (κ2) is 3.87. The van der Waals surface area contributed by atoms with Gasteiger partial charge >= 0.3 is 0 Å². The molecule has 0 bridgehead atoms. The van der Waals surface area contributed by atoms with E-state index >= 15 is 0 Å². The lowest BCUT2D eigenvalue weighted by molar-refractivity contribution is 0.281. The van der Waals surface area contributed by atoms with Crippen LogP contribution in [0.15, 0.2) is 16.6 Å². The molecule has 1 aromatic rings. The number of aliphatic hydroxyl groups excluding tert-OH is 1. The first-order valence-corrected chi connectivity index (χ1v) is 5.08. The van der Waals surface area contributed by atoms with Crippen molar-refractivity contribution in [2.24, 2.45) is 0 Å². The molecule has 0 saturated heterocycles. The van der Waals surface area contributed by atoms with Crippen LogP contribution in [0, 0.1) is 10.5 Å². The Bertz CT molecular complexity index is 273. The predicted octanol–water partition coefficient (Wildman–Crippen LogP) is 2.85. The summed E-state index contributed by atoms with van der Waals surface area (Å²) < 4.78 is 2.23. The summed E-state index contributed by atoms with van der Waals surface area (Å²) in [4.78, 5) is 0. The van der Waals surface area contributed by atoms with Gasteiger partial charge in [-0.1, -0.05) is 22.0 Å². The van der Waals surface area contributed by atoms with Crippen LogP contribution in [0.25, 0.3) is 0 Å². The molecule has 0 aliphatic carbocycles. The fraction of sp³-hybridized carbons (Fsp3) is 0.250. The van der Waals surface area contributed by atoms with Gasteiger partial charge in [-0.2, -0.15) is 0 Å². The van der Waals surface area contributed by atoms with Crippen LogP contribution in [0.5, 0.6) is 0 Å². The van der Waals surface area contributed by atoms with Crippen molar-refractivity contribution in [3.63, 3.8) is 0 Å². The van der Waals surface area contributed by atoms with E-state index in [1.165, 1.54) is 5.56 Å². The topological polar surface area (TPSA) is 20.2 Å². The second-order valence-electron chi connectivity index (χ2n) is 2.30. The molecule has 1 rings (SSSR count). The van der Waals surface area contributed by atoms with E-state index in [1.54, 1.807) is 0 Å². The Balaban J connectivity index is 3.25. The minimum absolute atomic E-state index is 0.117. The monoisotopic (exact) mass is 326 g/mol. The molecular formula is C8H8BrIO. The Morgan fingerprint density at radius 3 is 2.73 bits per heavy atom. The van der Waals surface area contributed by atoms with E-state index in [2.05, 4.69) is 38.5 Å². The summed E-state index contributed by atoms with van der Waals surface area (Å²) in [6.45, 7) is 2.15. The van der Waals surface area contributed by atoms with E-state index in [0.717, 1.165) is 13.6 Å². The van der Waals surface area contributed by atoms with Gasteiger partial charge in [-0.3, -0.25) is 0 Å². The molecule has 1 N–H and O–H groups in total. The van der Waals surface area contributed by atoms with Crippen LogP contribution >= 0.6 is 38.5 Å². The molecule has 0 amide bonds. The minimum atomic E-state index is 0.117. The molecular weight excluding hydrogens is 319 g/mol. The minimum Gasteiger partial charge on any atom is -0.392 e. The third-order valence-electron chi connectivity index (χ3n) is 1.57. The molecule has 3 heteroatoms. The highest BCUT2D eigenvalue weighted by Crippen LogP contribution is 2.24. The van der Waals surface area contributed by atoms with Crippen LogP contribution < -0.4 is 0 Å². The zero-order valence-electron chi connectivity index (χ0n) is 6.06. The van der Waals surface area contributed by atoms with E-state index in [-0.39, 0.29) is 6.61 Å². The molecule has 0 fully saturated rings. The standard InChI is InChI=1S/C8H8BrIO/c1-5-7(9)3-2-6(4-11)8(5)10/h2-3,11H,4H2,1H3. The van der Waals surface area contributed by atoms with E-state index in [1.807, 2.05) is 19.1 Å². The van der Waals surface area contributed by atoms with Crippen LogP contribution in [0.2, 0.25) is 0 Å². The fourth-order valence-electron chi connectivity index (χ4n) is 0.840. The van der Waals surface area contributed by atoms with Crippen molar-refractivity contribution >= 4 is 38.5 Å². The summed E-state index contributed by atoms with van der Waals surface area (Å²) in [5.74, 6) is 0. The summed E-state index contributed by atoms with van der Waals surface area (Å²) in [6.07, 6.45) is 0. The molecule has 0 atom stereocenters. The number of halogens is 2. The molecule has 11 heavy (non-hydrogen) atoms. The zero-order valence-corrected chi connectivity index (χ0v) is 9.81. The molecule has 0 spiro atoms. The van der Waals surface area contributed by atoms with Crippen molar-refractivity contribution in [1.29, 1.82) is 0 Å². The summed E-state index contributed by atoms with van der Waals surface area (Å²) in [6, 6.07) is 3.89. The lowest BCUT2D eigenvalue weighted by Gasteiger charge is -2.05. The molecule has 60 valence electrons. The average molecular weight is 327 g/mol. The summed E-state index contributed by atoms with van der Waals surface area (Å²) >= 11 is 5.66. The molecule has 0 heterocycles. The highest BCUT2D eigenvalue weighted by molar-refractivity contribution is 14.1. The molecule has 1 nitrogen and oxygen atoms in total. The van der Waals surface area contributed by atoms with E-state index in [9.17, 15) is 0 Å². The molecule has 0 saturated carbocycles. The van der Waals surface area contributed by atoms with E-state index in [0.29, 0.717) is 0 Å². The lowest BCUT2D eigenvalue weighted by Crippen LogP contribution is -1.91. The molecule has 0 radical (unpaired) electrons. The first kappa shape index (κ1) is 9.48. The van der Waals surface area contributed by atoms with Crippen molar-refractivity contribution in [3.8, 4) is 0 Å². The molecule has 1 aromatic carbocycles. The van der Waals surface area contributed by atoms with Gasteiger partial charge in [0, 0.05) is 8.04 Å². The predicted molar refractivity (Wildman–Crippen MR) is 57.5 cm³/mol. The average Bonchev–Trinajstić information content (AvgIpc) is 2.01. The number of rotatable bonds is 1. The third-order valence-corrected chi connectivity index (χ3v) is 3.93. The summed E-state index contributed by atoms with van der Waals surface area (Å²) in [5.41, 5.74) is 2.18. The third kappa shape index (κ3) is 1.95. The summed E-state index contributed by atoms with van der Waals surface area (Å²) in [7, 11) is 0. The maximum absolute atomic E-state index is 8.91. The molecule has 0 unspecified atom stereocenters. The Hall–Kier alpha value is 0.390. The normalized spacial score (nSPS) is 10.2. The van der Waals surface area contributed by atoms with E-state index < -0.39 is 0 Å². The molecule has 0 aromatic heterocycles. The number of benzene rings is 1. The Labute approximate surface area is 88.1 Å². The van der Waals surface area contributed by atoms with Crippen LogP contribution in [0.4, 0.5) is 0 Å². The van der Waals surface area contributed by atoms with Gasteiger partial charge in [-0.05, 0) is 46.7 Å². The van der Waals surface area contributed by atoms with Gasteiger partial charge in [-0.15, -0.1) is 0 Å². The second-order valence-corrected chi connectivity index (χ2v) is 4.24. The van der Waals surface area contributed by atoms with Gasteiger partial charge in [0.05, 0.1) is 6.61 Å². The van der Waals surface area contributed by atoms with Gasteiger partial charge < -0.3 is 5.11 Å². The van der Waals surface area contributed by atoms with Gasteiger partial charge in [0.2, 0.25) is 0 Å². The Morgan fingerprint density at radius 1 is 1.55 bits per heavy atom. The highest BCUT2D eigenvalue weighted by atomic mass is 127. The number of aliphatic hydroxyl groups is 1. The molecule has 0 aliphatic heterocycles. The van der Waals surface area contributed by atoms with Crippen molar-refractivity contribution in [2.45, 2.75) is 13.5 Å². The summed E-state index contributed by atoms with van der Waals surface area (Å²) in [5, 5.41) is 8.91.